The molecule has 2 rings (SSSR count). The third-order valence-electron chi connectivity index (χ3n) is 5.80. The average Bonchev–Trinajstić information content (AvgIpc) is 3.42. The van der Waals surface area contributed by atoms with Crippen molar-refractivity contribution in [2.45, 2.75) is 64.3 Å². The molecule has 3 atom stereocenters. The number of imidazole rings is 1. The maximum atomic E-state index is 13.3. The van der Waals surface area contributed by atoms with Gasteiger partial charge < -0.3 is 35.4 Å². The second kappa shape index (κ2) is 15.9. The maximum Gasteiger partial charge on any atom is 0.408 e. The second-order valence-electron chi connectivity index (χ2n) is 9.81. The SMILES string of the molecule is CC(C)C[C@H](NC(=O)[C@H](Cc1cnc[nH]1)NC(=O)OCc1ccccc1)C(=O)N[C@H](C=O)CCC(=O)N(C)C. The molecule has 0 aliphatic heterocycles. The van der Waals surface area contributed by atoms with Crippen LogP contribution in [-0.4, -0.2) is 77.2 Å². The number of aromatic amines is 1. The Morgan fingerprint density at radius 2 is 1.72 bits per heavy atom. The van der Waals surface area contributed by atoms with E-state index in [2.05, 4.69) is 25.9 Å². The van der Waals surface area contributed by atoms with Crippen LogP contribution in [0.1, 0.15) is 44.4 Å². The molecule has 0 unspecified atom stereocenters. The fourth-order valence-electron chi connectivity index (χ4n) is 3.67. The second-order valence-corrected chi connectivity index (χ2v) is 9.81. The number of hydrogen-bond donors (Lipinski definition) is 4. The molecule has 0 bridgehead atoms. The highest BCUT2D eigenvalue weighted by molar-refractivity contribution is 5.92. The number of ether oxygens (including phenoxy) is 1. The standard InChI is InChI=1S/C27H38N6O6/c1-18(2)12-22(25(36)30-20(15-34)10-11-24(35)33(3)4)31-26(37)23(13-21-14-28-17-29-21)32-27(38)39-16-19-8-6-5-7-9-19/h5-9,14-15,17-18,20,22-23H,10-13,16H2,1-4H3,(H,28,29)(H,30,36)(H,31,37)(H,32,38)/t20-,22-,23-/m0/s1. The Kier molecular flexibility index (Phi) is 12.6. The van der Waals surface area contributed by atoms with Crippen molar-refractivity contribution in [3.05, 3.63) is 54.1 Å². The fourth-order valence-corrected chi connectivity index (χ4v) is 3.67. The minimum Gasteiger partial charge on any atom is -0.445 e. The monoisotopic (exact) mass is 542 g/mol. The highest BCUT2D eigenvalue weighted by Crippen LogP contribution is 2.09. The van der Waals surface area contributed by atoms with Gasteiger partial charge in [0.15, 0.2) is 0 Å². The van der Waals surface area contributed by atoms with Crippen LogP contribution >= 0.6 is 0 Å². The zero-order chi connectivity index (χ0) is 28.8. The van der Waals surface area contributed by atoms with E-state index < -0.39 is 36.0 Å². The van der Waals surface area contributed by atoms with Crippen molar-refractivity contribution in [1.29, 1.82) is 0 Å². The van der Waals surface area contributed by atoms with Gasteiger partial charge in [-0.3, -0.25) is 14.4 Å². The van der Waals surface area contributed by atoms with E-state index in [0.717, 1.165) is 5.56 Å². The van der Waals surface area contributed by atoms with Gasteiger partial charge in [-0.2, -0.15) is 0 Å². The molecular weight excluding hydrogens is 504 g/mol. The lowest BCUT2D eigenvalue weighted by atomic mass is 10.0. The number of nitrogens with zero attached hydrogens (tertiary/aromatic N) is 2. The van der Waals surface area contributed by atoms with Gasteiger partial charge in [-0.25, -0.2) is 9.78 Å². The quantitative estimate of drug-likeness (QED) is 0.247. The molecule has 12 heteroatoms. The molecule has 4 amide bonds. The summed E-state index contributed by atoms with van der Waals surface area (Å²) in [6, 6.07) is 6.16. The van der Waals surface area contributed by atoms with Gasteiger partial charge in [0.25, 0.3) is 0 Å². The minimum absolute atomic E-state index is 0.0207. The largest absolute Gasteiger partial charge is 0.445 e. The zero-order valence-corrected chi connectivity index (χ0v) is 22.8. The number of nitrogens with one attached hydrogen (secondary N) is 4. The number of rotatable bonds is 15. The van der Waals surface area contributed by atoms with Crippen molar-refractivity contribution in [2.24, 2.45) is 5.92 Å². The van der Waals surface area contributed by atoms with E-state index in [1.54, 1.807) is 26.2 Å². The van der Waals surface area contributed by atoms with Crippen LogP contribution < -0.4 is 16.0 Å². The Balaban J connectivity index is 2.08. The third-order valence-corrected chi connectivity index (χ3v) is 5.80. The fraction of sp³-hybridized carbons (Fsp3) is 0.481. The number of H-pyrrole nitrogens is 1. The summed E-state index contributed by atoms with van der Waals surface area (Å²) in [7, 11) is 3.21. The first-order valence-corrected chi connectivity index (χ1v) is 12.8. The van der Waals surface area contributed by atoms with Gasteiger partial charge in [-0.1, -0.05) is 44.2 Å². The van der Waals surface area contributed by atoms with Crippen LogP contribution in [0.4, 0.5) is 4.79 Å². The maximum absolute atomic E-state index is 13.3. The molecule has 212 valence electrons. The van der Waals surface area contributed by atoms with Crippen LogP contribution in [0.3, 0.4) is 0 Å². The first-order chi connectivity index (χ1) is 18.6. The van der Waals surface area contributed by atoms with Crippen LogP contribution in [0.5, 0.6) is 0 Å². The lowest BCUT2D eigenvalue weighted by Gasteiger charge is -2.25. The van der Waals surface area contributed by atoms with E-state index in [9.17, 15) is 24.0 Å². The summed E-state index contributed by atoms with van der Waals surface area (Å²) in [5.41, 5.74) is 1.38. The van der Waals surface area contributed by atoms with Crippen LogP contribution in [0, 0.1) is 5.92 Å². The number of aldehydes is 1. The number of carbonyl (C=O) groups is 5. The van der Waals surface area contributed by atoms with E-state index in [-0.39, 0.29) is 44.1 Å². The topological polar surface area (TPSA) is 163 Å². The molecule has 0 fully saturated rings. The molecular formula is C27H38N6O6. The lowest BCUT2D eigenvalue weighted by molar-refractivity contribution is -0.132. The highest BCUT2D eigenvalue weighted by Gasteiger charge is 2.29. The number of amides is 4. The summed E-state index contributed by atoms with van der Waals surface area (Å²) in [5, 5.41) is 7.89. The van der Waals surface area contributed by atoms with Gasteiger partial charge in [0, 0.05) is 38.8 Å². The highest BCUT2D eigenvalue weighted by atomic mass is 16.5. The van der Waals surface area contributed by atoms with Gasteiger partial charge in [-0.05, 0) is 24.3 Å². The van der Waals surface area contributed by atoms with Crippen LogP contribution in [0.2, 0.25) is 0 Å². The Bertz CT molecular complexity index is 1070. The van der Waals surface area contributed by atoms with E-state index in [4.69, 9.17) is 4.74 Å². The molecule has 2 aromatic rings. The van der Waals surface area contributed by atoms with E-state index in [0.29, 0.717) is 12.0 Å². The average molecular weight is 543 g/mol. The van der Waals surface area contributed by atoms with Gasteiger partial charge in [0.2, 0.25) is 17.7 Å². The number of hydrogen-bond acceptors (Lipinski definition) is 7. The van der Waals surface area contributed by atoms with E-state index >= 15 is 0 Å². The van der Waals surface area contributed by atoms with E-state index in [1.165, 1.54) is 17.4 Å². The summed E-state index contributed by atoms with van der Waals surface area (Å²) in [6.45, 7) is 3.80. The predicted octanol–water partition coefficient (Wildman–Crippen LogP) is 1.33. The number of aromatic nitrogens is 2. The molecule has 0 saturated heterocycles. The summed E-state index contributed by atoms with van der Waals surface area (Å²) in [6.07, 6.45) is 3.33. The summed E-state index contributed by atoms with van der Waals surface area (Å²) in [4.78, 5) is 70.6. The van der Waals surface area contributed by atoms with Crippen molar-refractivity contribution < 1.29 is 28.7 Å². The summed E-state index contributed by atoms with van der Waals surface area (Å²) < 4.78 is 5.27. The molecule has 1 aromatic carbocycles. The van der Waals surface area contributed by atoms with Crippen molar-refractivity contribution in [3.63, 3.8) is 0 Å². The Morgan fingerprint density at radius 1 is 1.03 bits per heavy atom. The molecule has 0 saturated carbocycles. The smallest absolute Gasteiger partial charge is 0.408 e. The van der Waals surface area contributed by atoms with Gasteiger partial charge >= 0.3 is 6.09 Å². The lowest BCUT2D eigenvalue weighted by Crippen LogP contribution is -2.56. The summed E-state index contributed by atoms with van der Waals surface area (Å²) in [5.74, 6) is -1.30. The molecule has 0 radical (unpaired) electrons. The van der Waals surface area contributed by atoms with E-state index in [1.807, 2.05) is 32.0 Å². The zero-order valence-electron chi connectivity index (χ0n) is 22.8. The Labute approximate surface area is 228 Å². The molecule has 0 aliphatic rings. The molecule has 0 spiro atoms. The first kappa shape index (κ1) is 31.0. The van der Waals surface area contributed by atoms with Gasteiger partial charge in [0.05, 0.1) is 12.4 Å². The minimum atomic E-state index is -1.07. The molecule has 39 heavy (non-hydrogen) atoms. The van der Waals surface area contributed by atoms with Crippen molar-refractivity contribution in [1.82, 2.24) is 30.8 Å². The van der Waals surface area contributed by atoms with Crippen LogP contribution in [0.25, 0.3) is 0 Å². The number of carbonyl (C=O) groups excluding carboxylic acids is 5. The third kappa shape index (κ3) is 11.4. The van der Waals surface area contributed by atoms with Gasteiger partial charge in [0.1, 0.15) is 25.0 Å². The number of alkyl carbamates (subject to hydrolysis) is 1. The molecule has 1 aromatic heterocycles. The summed E-state index contributed by atoms with van der Waals surface area (Å²) >= 11 is 0. The van der Waals surface area contributed by atoms with Crippen LogP contribution in [-0.2, 0) is 36.9 Å². The number of benzene rings is 1. The Hall–Kier alpha value is -4.22. The Morgan fingerprint density at radius 3 is 2.31 bits per heavy atom. The molecule has 1 heterocycles. The predicted molar refractivity (Wildman–Crippen MR) is 143 cm³/mol. The van der Waals surface area contributed by atoms with Crippen LogP contribution in [0.15, 0.2) is 42.9 Å². The van der Waals surface area contributed by atoms with Crippen molar-refractivity contribution in [3.8, 4) is 0 Å². The first-order valence-electron chi connectivity index (χ1n) is 12.8. The normalized spacial score (nSPS) is 13.1. The van der Waals surface area contributed by atoms with Crippen molar-refractivity contribution in [2.75, 3.05) is 14.1 Å². The molecule has 0 aliphatic carbocycles. The van der Waals surface area contributed by atoms with Gasteiger partial charge in [-0.15, -0.1) is 0 Å². The molecule has 4 N–H and O–H groups in total. The van der Waals surface area contributed by atoms with Crippen molar-refractivity contribution >= 4 is 30.1 Å². The molecule has 12 nitrogen and oxygen atoms in total.